The monoisotopic (exact) mass is 322 g/mol. The van der Waals surface area contributed by atoms with Crippen molar-refractivity contribution in [2.24, 2.45) is 0 Å². The van der Waals surface area contributed by atoms with Gasteiger partial charge >= 0.3 is 5.63 Å². The zero-order chi connectivity index (χ0) is 17.1. The van der Waals surface area contributed by atoms with E-state index in [-0.39, 0.29) is 11.3 Å². The van der Waals surface area contributed by atoms with Gasteiger partial charge in [-0.05, 0) is 36.4 Å². The first kappa shape index (κ1) is 15.6. The van der Waals surface area contributed by atoms with Crippen LogP contribution in [0.15, 0.2) is 63.8 Å². The summed E-state index contributed by atoms with van der Waals surface area (Å²) in [5, 5.41) is 10.3. The summed E-state index contributed by atoms with van der Waals surface area (Å²) in [4.78, 5) is 24.3. The van der Waals surface area contributed by atoms with Crippen molar-refractivity contribution >= 4 is 22.8 Å². The Morgan fingerprint density at radius 1 is 1.17 bits per heavy atom. The highest BCUT2D eigenvalue weighted by atomic mass is 16.5. The van der Waals surface area contributed by atoms with Gasteiger partial charge in [0, 0.05) is 17.0 Å². The summed E-state index contributed by atoms with van der Waals surface area (Å²) in [6.07, 6.45) is 2.69. The maximum absolute atomic E-state index is 12.3. The van der Waals surface area contributed by atoms with Crippen LogP contribution in [0.5, 0.6) is 11.5 Å². The molecule has 3 aromatic rings. The molecule has 1 aromatic heterocycles. The van der Waals surface area contributed by atoms with Gasteiger partial charge in [0.05, 0.1) is 7.11 Å². The second-order valence-corrected chi connectivity index (χ2v) is 5.11. The molecule has 0 bridgehead atoms. The lowest BCUT2D eigenvalue weighted by Crippen LogP contribution is -2.11. The third-order valence-electron chi connectivity index (χ3n) is 3.56. The van der Waals surface area contributed by atoms with Crippen molar-refractivity contribution in [3.63, 3.8) is 0 Å². The molecule has 0 spiro atoms. The fourth-order valence-electron chi connectivity index (χ4n) is 2.27. The lowest BCUT2D eigenvalue weighted by atomic mass is 10.1. The highest BCUT2D eigenvalue weighted by Crippen LogP contribution is 2.21. The molecule has 0 aliphatic carbocycles. The molecule has 0 amide bonds. The van der Waals surface area contributed by atoms with Crippen molar-refractivity contribution < 1.29 is 19.1 Å². The average Bonchev–Trinajstić information content (AvgIpc) is 2.59. The molecule has 0 aliphatic rings. The number of methoxy groups -OCH3 is 1. The molecule has 0 unspecified atom stereocenters. The number of allylic oxidation sites excluding steroid dienone is 1. The number of hydrogen-bond acceptors (Lipinski definition) is 5. The van der Waals surface area contributed by atoms with Crippen molar-refractivity contribution in [1.82, 2.24) is 0 Å². The Bertz CT molecular complexity index is 998. The Kier molecular flexibility index (Phi) is 4.16. The number of carbonyl (C=O) groups is 1. The SMILES string of the molecule is COc1ccc2cc(C(=O)/C=C/c3ccccc3O)c(=O)oc2c1. The van der Waals surface area contributed by atoms with E-state index in [1.165, 1.54) is 31.4 Å². The minimum atomic E-state index is -0.720. The van der Waals surface area contributed by atoms with Crippen LogP contribution in [0.3, 0.4) is 0 Å². The average molecular weight is 322 g/mol. The maximum atomic E-state index is 12.3. The van der Waals surface area contributed by atoms with Gasteiger partial charge < -0.3 is 14.3 Å². The molecule has 5 nitrogen and oxygen atoms in total. The van der Waals surface area contributed by atoms with Gasteiger partial charge in [-0.3, -0.25) is 4.79 Å². The zero-order valence-electron chi connectivity index (χ0n) is 12.9. The standard InChI is InChI=1S/C19H14O5/c1-23-14-8-6-13-10-15(19(22)24-18(13)11-14)17(21)9-7-12-4-2-3-5-16(12)20/h2-11,20H,1H3/b9-7+. The fraction of sp³-hybridized carbons (Fsp3) is 0.0526. The minimum absolute atomic E-state index is 0.0548. The number of hydrogen-bond donors (Lipinski definition) is 1. The van der Waals surface area contributed by atoms with Gasteiger partial charge in [0.15, 0.2) is 5.78 Å². The number of benzene rings is 2. The first-order valence-electron chi connectivity index (χ1n) is 7.21. The summed E-state index contributed by atoms with van der Waals surface area (Å²) in [5.41, 5.74) is 0.0448. The third kappa shape index (κ3) is 3.05. The number of ether oxygens (including phenoxy) is 1. The molecule has 3 rings (SSSR count). The van der Waals surface area contributed by atoms with Crippen LogP contribution in [0.4, 0.5) is 0 Å². The van der Waals surface area contributed by atoms with Gasteiger partial charge in [-0.15, -0.1) is 0 Å². The molecule has 0 radical (unpaired) electrons. The summed E-state index contributed by atoms with van der Waals surface area (Å²) >= 11 is 0. The van der Waals surface area contributed by atoms with Crippen molar-refractivity contribution in [2.75, 3.05) is 7.11 Å². The van der Waals surface area contributed by atoms with Crippen LogP contribution in [-0.4, -0.2) is 18.0 Å². The second kappa shape index (κ2) is 6.42. The molecule has 1 N–H and O–H groups in total. The minimum Gasteiger partial charge on any atom is -0.507 e. The molecule has 5 heteroatoms. The molecular formula is C19H14O5. The van der Waals surface area contributed by atoms with Crippen LogP contribution in [0, 0.1) is 0 Å². The highest BCUT2D eigenvalue weighted by molar-refractivity contribution is 6.07. The van der Waals surface area contributed by atoms with Crippen molar-refractivity contribution in [3.05, 3.63) is 76.2 Å². The van der Waals surface area contributed by atoms with Crippen LogP contribution in [0.1, 0.15) is 15.9 Å². The van der Waals surface area contributed by atoms with E-state index >= 15 is 0 Å². The first-order chi connectivity index (χ1) is 11.6. The number of aromatic hydroxyl groups is 1. The van der Waals surface area contributed by atoms with Gasteiger partial charge in [0.2, 0.25) is 0 Å². The maximum Gasteiger partial charge on any atom is 0.347 e. The topological polar surface area (TPSA) is 76.7 Å². The van der Waals surface area contributed by atoms with Crippen LogP contribution < -0.4 is 10.4 Å². The summed E-state index contributed by atoms with van der Waals surface area (Å²) in [7, 11) is 1.51. The first-order valence-corrected chi connectivity index (χ1v) is 7.21. The number of phenols is 1. The highest BCUT2D eigenvalue weighted by Gasteiger charge is 2.12. The van der Waals surface area contributed by atoms with E-state index in [4.69, 9.17) is 9.15 Å². The second-order valence-electron chi connectivity index (χ2n) is 5.11. The van der Waals surface area contributed by atoms with E-state index in [0.29, 0.717) is 22.3 Å². The third-order valence-corrected chi connectivity index (χ3v) is 3.56. The smallest absolute Gasteiger partial charge is 0.347 e. The van der Waals surface area contributed by atoms with Crippen LogP contribution in [-0.2, 0) is 0 Å². The van der Waals surface area contributed by atoms with E-state index in [1.807, 2.05) is 0 Å². The Hall–Kier alpha value is -3.34. The Balaban J connectivity index is 1.97. The van der Waals surface area contributed by atoms with E-state index in [0.717, 1.165) is 0 Å². The summed E-state index contributed by atoms with van der Waals surface area (Å²) in [6, 6.07) is 13.1. The molecule has 1 heterocycles. The molecule has 0 saturated carbocycles. The van der Waals surface area contributed by atoms with Crippen molar-refractivity contribution in [3.8, 4) is 11.5 Å². The predicted octanol–water partition coefficient (Wildman–Crippen LogP) is 3.40. The summed E-state index contributed by atoms with van der Waals surface area (Å²) < 4.78 is 10.3. The summed E-state index contributed by atoms with van der Waals surface area (Å²) in [6.45, 7) is 0. The van der Waals surface area contributed by atoms with Crippen molar-refractivity contribution in [2.45, 2.75) is 0 Å². The lowest BCUT2D eigenvalue weighted by molar-refractivity contribution is 0.104. The molecular weight excluding hydrogens is 308 g/mol. The Morgan fingerprint density at radius 2 is 1.96 bits per heavy atom. The number of para-hydroxylation sites is 1. The van der Waals surface area contributed by atoms with E-state index < -0.39 is 11.4 Å². The molecule has 120 valence electrons. The van der Waals surface area contributed by atoms with Crippen LogP contribution in [0.25, 0.3) is 17.0 Å². The van der Waals surface area contributed by atoms with Gasteiger partial charge in [0.1, 0.15) is 22.6 Å². The van der Waals surface area contributed by atoms with Crippen LogP contribution >= 0.6 is 0 Å². The predicted molar refractivity (Wildman–Crippen MR) is 90.5 cm³/mol. The molecule has 24 heavy (non-hydrogen) atoms. The van der Waals surface area contributed by atoms with E-state index in [2.05, 4.69) is 0 Å². The fourth-order valence-corrected chi connectivity index (χ4v) is 2.27. The number of fused-ring (bicyclic) bond motifs is 1. The lowest BCUT2D eigenvalue weighted by Gasteiger charge is -2.02. The summed E-state index contributed by atoms with van der Waals surface area (Å²) in [5.74, 6) is 0.119. The number of rotatable bonds is 4. The quantitative estimate of drug-likeness (QED) is 0.452. The van der Waals surface area contributed by atoms with Gasteiger partial charge in [-0.25, -0.2) is 4.79 Å². The van der Waals surface area contributed by atoms with E-state index in [9.17, 15) is 14.7 Å². The molecule has 0 fully saturated rings. The van der Waals surface area contributed by atoms with Gasteiger partial charge in [0.25, 0.3) is 0 Å². The Morgan fingerprint density at radius 3 is 2.71 bits per heavy atom. The number of ketones is 1. The largest absolute Gasteiger partial charge is 0.507 e. The van der Waals surface area contributed by atoms with E-state index in [1.54, 1.807) is 36.4 Å². The van der Waals surface area contributed by atoms with Crippen molar-refractivity contribution in [1.29, 1.82) is 0 Å². The molecule has 2 aromatic carbocycles. The zero-order valence-corrected chi connectivity index (χ0v) is 12.9. The number of phenolic OH excluding ortho intramolecular Hbond substituents is 1. The van der Waals surface area contributed by atoms with Gasteiger partial charge in [-0.1, -0.05) is 18.2 Å². The number of carbonyl (C=O) groups excluding carboxylic acids is 1. The molecule has 0 saturated heterocycles. The molecule has 0 atom stereocenters. The van der Waals surface area contributed by atoms with Crippen LogP contribution in [0.2, 0.25) is 0 Å². The Labute approximate surface area is 137 Å². The van der Waals surface area contributed by atoms with Gasteiger partial charge in [-0.2, -0.15) is 0 Å². The molecule has 0 aliphatic heterocycles. The normalized spacial score (nSPS) is 11.0.